The lowest BCUT2D eigenvalue weighted by atomic mass is 9.86. The van der Waals surface area contributed by atoms with Crippen molar-refractivity contribution in [3.05, 3.63) is 58.1 Å². The Morgan fingerprint density at radius 3 is 2.07 bits per heavy atom. The molecular weight excluding hydrogens is 424 g/mol. The summed E-state index contributed by atoms with van der Waals surface area (Å²) in [4.78, 5) is 23.7. The number of carbonyl (C=O) groups is 2. The van der Waals surface area contributed by atoms with Crippen molar-refractivity contribution in [2.75, 3.05) is 13.2 Å². The first-order valence-corrected chi connectivity index (χ1v) is 9.64. The van der Waals surface area contributed by atoms with Crippen molar-refractivity contribution in [3.63, 3.8) is 0 Å². The minimum atomic E-state index is -0.466. The lowest BCUT2D eigenvalue weighted by molar-refractivity contribution is -0.131. The van der Waals surface area contributed by atoms with Gasteiger partial charge in [-0.25, -0.2) is 0 Å². The first-order chi connectivity index (χ1) is 13.1. The van der Waals surface area contributed by atoms with Crippen molar-refractivity contribution >= 4 is 27.7 Å². The zero-order valence-electron chi connectivity index (χ0n) is 16.5. The van der Waals surface area contributed by atoms with Crippen LogP contribution >= 0.6 is 15.9 Å². The van der Waals surface area contributed by atoms with Gasteiger partial charge in [0.2, 0.25) is 0 Å². The summed E-state index contributed by atoms with van der Waals surface area (Å²) in [6.45, 7) is 7.74. The van der Waals surface area contributed by atoms with E-state index in [1.54, 1.807) is 12.1 Å². The van der Waals surface area contributed by atoms with Gasteiger partial charge in [0.1, 0.15) is 11.5 Å². The van der Waals surface area contributed by atoms with Crippen molar-refractivity contribution in [1.29, 1.82) is 0 Å². The second-order valence-electron chi connectivity index (χ2n) is 7.38. The Kier molecular flexibility index (Phi) is 7.45. The van der Waals surface area contributed by atoms with Gasteiger partial charge in [0.05, 0.1) is 0 Å². The molecule has 2 aromatic carbocycles. The third-order valence-electron chi connectivity index (χ3n) is 3.84. The van der Waals surface area contributed by atoms with Crippen LogP contribution in [-0.2, 0) is 15.0 Å². The molecule has 0 bridgehead atoms. The molecule has 7 heteroatoms. The van der Waals surface area contributed by atoms with Gasteiger partial charge < -0.3 is 9.47 Å². The van der Waals surface area contributed by atoms with E-state index in [1.807, 2.05) is 37.3 Å². The monoisotopic (exact) mass is 448 g/mol. The van der Waals surface area contributed by atoms with E-state index < -0.39 is 11.8 Å². The minimum Gasteiger partial charge on any atom is -0.484 e. The van der Waals surface area contributed by atoms with Gasteiger partial charge in [-0.1, -0.05) is 54.4 Å². The molecule has 0 aliphatic heterocycles. The number of ether oxygens (including phenoxy) is 2. The van der Waals surface area contributed by atoms with E-state index in [9.17, 15) is 9.59 Å². The van der Waals surface area contributed by atoms with E-state index in [4.69, 9.17) is 9.47 Å². The predicted octanol–water partition coefficient (Wildman–Crippen LogP) is 3.66. The maximum absolute atomic E-state index is 12.0. The predicted molar refractivity (Wildman–Crippen MR) is 111 cm³/mol. The maximum atomic E-state index is 12.0. The SMILES string of the molecule is Cc1ccc(OCC(=O)NNC(=O)COc2ccc(Br)cc2C(C)(C)C)cc1. The summed E-state index contributed by atoms with van der Waals surface area (Å²) in [5.41, 5.74) is 6.55. The zero-order chi connectivity index (χ0) is 20.7. The fraction of sp³-hybridized carbons (Fsp3) is 0.333. The number of benzene rings is 2. The van der Waals surface area contributed by atoms with Gasteiger partial charge in [-0.05, 0) is 42.7 Å². The number of halogens is 1. The summed E-state index contributed by atoms with van der Waals surface area (Å²) in [5, 5.41) is 0. The molecule has 28 heavy (non-hydrogen) atoms. The quantitative estimate of drug-likeness (QED) is 0.661. The van der Waals surface area contributed by atoms with Crippen molar-refractivity contribution in [3.8, 4) is 11.5 Å². The summed E-state index contributed by atoms with van der Waals surface area (Å²) in [7, 11) is 0. The molecule has 0 saturated carbocycles. The Morgan fingerprint density at radius 2 is 1.50 bits per heavy atom. The Morgan fingerprint density at radius 1 is 0.929 bits per heavy atom. The van der Waals surface area contributed by atoms with E-state index in [0.717, 1.165) is 15.6 Å². The number of hydrogen-bond acceptors (Lipinski definition) is 4. The van der Waals surface area contributed by atoms with E-state index in [0.29, 0.717) is 11.5 Å². The number of amides is 2. The van der Waals surface area contributed by atoms with Crippen molar-refractivity contribution in [2.45, 2.75) is 33.1 Å². The smallest absolute Gasteiger partial charge is 0.276 e. The summed E-state index contributed by atoms with van der Waals surface area (Å²) < 4.78 is 11.9. The molecule has 0 aromatic heterocycles. The lowest BCUT2D eigenvalue weighted by Gasteiger charge is -2.23. The van der Waals surface area contributed by atoms with Crippen LogP contribution in [0.2, 0.25) is 0 Å². The first-order valence-electron chi connectivity index (χ1n) is 8.85. The van der Waals surface area contributed by atoms with Gasteiger partial charge in [0.15, 0.2) is 13.2 Å². The van der Waals surface area contributed by atoms with Crippen LogP contribution in [0.15, 0.2) is 46.9 Å². The topological polar surface area (TPSA) is 76.7 Å². The first kappa shape index (κ1) is 21.8. The Hall–Kier alpha value is -2.54. The highest BCUT2D eigenvalue weighted by Gasteiger charge is 2.20. The largest absolute Gasteiger partial charge is 0.484 e. The average Bonchev–Trinajstić information content (AvgIpc) is 2.64. The van der Waals surface area contributed by atoms with Crippen LogP contribution in [0.4, 0.5) is 0 Å². The summed E-state index contributed by atoms with van der Waals surface area (Å²) in [5.74, 6) is 0.277. The van der Waals surface area contributed by atoms with E-state index >= 15 is 0 Å². The van der Waals surface area contributed by atoms with Crippen LogP contribution in [0.3, 0.4) is 0 Å². The van der Waals surface area contributed by atoms with Gasteiger partial charge in [-0.2, -0.15) is 0 Å². The summed E-state index contributed by atoms with van der Waals surface area (Å²) in [6.07, 6.45) is 0. The Labute approximate surface area is 173 Å². The van der Waals surface area contributed by atoms with E-state index in [2.05, 4.69) is 47.6 Å². The highest BCUT2D eigenvalue weighted by atomic mass is 79.9. The lowest BCUT2D eigenvalue weighted by Crippen LogP contribution is -2.45. The number of carbonyl (C=O) groups excluding carboxylic acids is 2. The average molecular weight is 449 g/mol. The van der Waals surface area contributed by atoms with Crippen LogP contribution < -0.4 is 20.3 Å². The normalized spacial score (nSPS) is 10.9. The Balaban J connectivity index is 1.78. The summed E-state index contributed by atoms with van der Waals surface area (Å²) in [6, 6.07) is 13.0. The second kappa shape index (κ2) is 9.59. The van der Waals surface area contributed by atoms with Gasteiger partial charge in [0.25, 0.3) is 11.8 Å². The standard InChI is InChI=1S/C21H25BrN2O4/c1-14-5-8-16(9-6-14)27-12-19(25)23-24-20(26)13-28-18-10-7-15(22)11-17(18)21(2,3)4/h5-11H,12-13H2,1-4H3,(H,23,25)(H,24,26). The number of hydrogen-bond donors (Lipinski definition) is 2. The third kappa shape index (κ3) is 6.88. The van der Waals surface area contributed by atoms with E-state index in [1.165, 1.54) is 0 Å². The van der Waals surface area contributed by atoms with Gasteiger partial charge in [0, 0.05) is 10.0 Å². The molecule has 2 rings (SSSR count). The fourth-order valence-corrected chi connectivity index (χ4v) is 2.71. The van der Waals surface area contributed by atoms with Crippen molar-refractivity contribution in [1.82, 2.24) is 10.9 Å². The van der Waals surface area contributed by atoms with E-state index in [-0.39, 0.29) is 18.6 Å². The molecule has 2 aromatic rings. The molecule has 0 fully saturated rings. The van der Waals surface area contributed by atoms with Crippen molar-refractivity contribution in [2.24, 2.45) is 0 Å². The molecule has 0 aliphatic carbocycles. The molecule has 0 radical (unpaired) electrons. The number of nitrogens with one attached hydrogen (secondary N) is 2. The molecule has 0 unspecified atom stereocenters. The van der Waals surface area contributed by atoms with Crippen LogP contribution in [-0.4, -0.2) is 25.0 Å². The summed E-state index contributed by atoms with van der Waals surface area (Å²) >= 11 is 3.45. The highest BCUT2D eigenvalue weighted by molar-refractivity contribution is 9.10. The highest BCUT2D eigenvalue weighted by Crippen LogP contribution is 2.33. The van der Waals surface area contributed by atoms with Gasteiger partial charge in [-0.3, -0.25) is 20.4 Å². The van der Waals surface area contributed by atoms with Crippen LogP contribution in [0.1, 0.15) is 31.9 Å². The third-order valence-corrected chi connectivity index (χ3v) is 4.33. The number of hydrazine groups is 1. The molecule has 2 amide bonds. The number of rotatable bonds is 6. The second-order valence-corrected chi connectivity index (χ2v) is 8.29. The Bertz CT molecular complexity index is 829. The molecule has 0 heterocycles. The number of aryl methyl sites for hydroxylation is 1. The molecule has 6 nitrogen and oxygen atoms in total. The minimum absolute atomic E-state index is 0.142. The molecular formula is C21H25BrN2O4. The van der Waals surface area contributed by atoms with Crippen LogP contribution in [0, 0.1) is 6.92 Å². The molecule has 0 atom stereocenters. The van der Waals surface area contributed by atoms with Crippen molar-refractivity contribution < 1.29 is 19.1 Å². The van der Waals surface area contributed by atoms with Gasteiger partial charge in [-0.15, -0.1) is 0 Å². The molecule has 0 aliphatic rings. The van der Waals surface area contributed by atoms with Crippen LogP contribution in [0.25, 0.3) is 0 Å². The van der Waals surface area contributed by atoms with Crippen LogP contribution in [0.5, 0.6) is 11.5 Å². The molecule has 0 spiro atoms. The van der Waals surface area contributed by atoms with Gasteiger partial charge >= 0.3 is 0 Å². The maximum Gasteiger partial charge on any atom is 0.276 e. The molecule has 150 valence electrons. The zero-order valence-corrected chi connectivity index (χ0v) is 18.1. The molecule has 2 N–H and O–H groups in total. The molecule has 0 saturated heterocycles. The fourth-order valence-electron chi connectivity index (χ4n) is 2.35.